The van der Waals surface area contributed by atoms with Gasteiger partial charge in [0, 0.05) is 12.2 Å². The van der Waals surface area contributed by atoms with Crippen LogP contribution >= 0.6 is 0 Å². The van der Waals surface area contributed by atoms with E-state index in [0.717, 1.165) is 18.8 Å². The lowest BCUT2D eigenvalue weighted by molar-refractivity contribution is 0.728. The Morgan fingerprint density at radius 2 is 2.09 bits per heavy atom. The van der Waals surface area contributed by atoms with Gasteiger partial charge in [-0.3, -0.25) is 0 Å². The van der Waals surface area contributed by atoms with Crippen LogP contribution in [0.25, 0.3) is 0 Å². The van der Waals surface area contributed by atoms with Crippen LogP contribution in [0.2, 0.25) is 0 Å². The fraction of sp³-hybridized carbons (Fsp3) is 0.333. The molecule has 0 spiro atoms. The molecule has 0 atom stereocenters. The summed E-state index contributed by atoms with van der Waals surface area (Å²) in [6.45, 7) is 3.93. The largest absolute Gasteiger partial charge is 0.398 e. The number of nitrogens with one attached hydrogen (secondary N) is 1. The molecule has 1 aromatic rings. The number of para-hydroxylation sites is 1. The van der Waals surface area contributed by atoms with Crippen molar-refractivity contribution in [2.24, 2.45) is 0 Å². The van der Waals surface area contributed by atoms with Gasteiger partial charge in [0.05, 0.1) is 0 Å². The highest BCUT2D eigenvalue weighted by atomic mass is 14.8. The van der Waals surface area contributed by atoms with Gasteiger partial charge < -0.3 is 11.1 Å². The molecule has 0 aliphatic carbocycles. The van der Waals surface area contributed by atoms with Crippen molar-refractivity contribution in [2.75, 3.05) is 12.3 Å². The number of rotatable bonds is 3. The maximum Gasteiger partial charge on any atom is 0.0359 e. The minimum atomic E-state index is 0.864. The summed E-state index contributed by atoms with van der Waals surface area (Å²) >= 11 is 0. The lowest BCUT2D eigenvalue weighted by Crippen LogP contribution is -2.12. The number of nitrogens with two attached hydrogens (primary N) is 1. The zero-order valence-electron chi connectivity index (χ0n) is 6.80. The first-order chi connectivity index (χ1) is 5.34. The minimum absolute atomic E-state index is 0.864. The molecule has 2 heteroatoms. The van der Waals surface area contributed by atoms with Crippen molar-refractivity contribution in [3.8, 4) is 0 Å². The van der Waals surface area contributed by atoms with E-state index in [0.29, 0.717) is 0 Å². The Bertz CT molecular complexity index is 221. The molecule has 11 heavy (non-hydrogen) atoms. The fourth-order valence-electron chi connectivity index (χ4n) is 0.955. The SMILES string of the molecule is CCNCc1ccccc1N. The fourth-order valence-corrected chi connectivity index (χ4v) is 0.955. The van der Waals surface area contributed by atoms with E-state index in [-0.39, 0.29) is 0 Å². The highest BCUT2D eigenvalue weighted by Crippen LogP contribution is 2.08. The molecular weight excluding hydrogens is 136 g/mol. The van der Waals surface area contributed by atoms with Crippen molar-refractivity contribution in [1.29, 1.82) is 0 Å². The molecule has 3 N–H and O–H groups in total. The van der Waals surface area contributed by atoms with Crippen LogP contribution < -0.4 is 11.1 Å². The Labute approximate surface area is 67.4 Å². The van der Waals surface area contributed by atoms with Gasteiger partial charge >= 0.3 is 0 Å². The van der Waals surface area contributed by atoms with E-state index in [4.69, 9.17) is 5.73 Å². The molecule has 0 aliphatic heterocycles. The Morgan fingerprint density at radius 1 is 1.36 bits per heavy atom. The Morgan fingerprint density at radius 3 is 2.73 bits per heavy atom. The van der Waals surface area contributed by atoms with Gasteiger partial charge in [0.15, 0.2) is 0 Å². The number of anilines is 1. The predicted octanol–water partition coefficient (Wildman–Crippen LogP) is 1.38. The van der Waals surface area contributed by atoms with Crippen molar-refractivity contribution in [2.45, 2.75) is 13.5 Å². The first-order valence-electron chi connectivity index (χ1n) is 3.88. The molecule has 1 aromatic carbocycles. The molecule has 0 saturated carbocycles. The normalized spacial score (nSPS) is 9.91. The van der Waals surface area contributed by atoms with E-state index >= 15 is 0 Å². The Hall–Kier alpha value is -1.02. The van der Waals surface area contributed by atoms with Crippen molar-refractivity contribution < 1.29 is 0 Å². The van der Waals surface area contributed by atoms with Crippen LogP contribution in [0.3, 0.4) is 0 Å². The van der Waals surface area contributed by atoms with Gasteiger partial charge in [0.25, 0.3) is 0 Å². The van der Waals surface area contributed by atoms with Gasteiger partial charge in [-0.1, -0.05) is 25.1 Å². The van der Waals surface area contributed by atoms with Crippen LogP contribution in [-0.2, 0) is 6.54 Å². The molecule has 2 nitrogen and oxygen atoms in total. The summed E-state index contributed by atoms with van der Waals surface area (Å²) in [5.41, 5.74) is 7.77. The van der Waals surface area contributed by atoms with Crippen LogP contribution in [0.5, 0.6) is 0 Å². The third kappa shape index (κ3) is 2.24. The average Bonchev–Trinajstić information content (AvgIpc) is 2.03. The molecule has 0 fully saturated rings. The number of benzene rings is 1. The number of nitrogen functional groups attached to an aromatic ring is 1. The van der Waals surface area contributed by atoms with Crippen LogP contribution in [0.1, 0.15) is 12.5 Å². The number of hydrogen-bond acceptors (Lipinski definition) is 2. The van der Waals surface area contributed by atoms with Crippen molar-refractivity contribution in [3.05, 3.63) is 29.8 Å². The third-order valence-electron chi connectivity index (χ3n) is 1.62. The summed E-state index contributed by atoms with van der Waals surface area (Å²) in [5, 5.41) is 3.23. The van der Waals surface area contributed by atoms with E-state index in [1.54, 1.807) is 0 Å². The monoisotopic (exact) mass is 150 g/mol. The third-order valence-corrected chi connectivity index (χ3v) is 1.62. The summed E-state index contributed by atoms with van der Waals surface area (Å²) in [5.74, 6) is 0. The van der Waals surface area contributed by atoms with Gasteiger partial charge in [-0.15, -0.1) is 0 Å². The first kappa shape index (κ1) is 8.08. The van der Waals surface area contributed by atoms with E-state index < -0.39 is 0 Å². The first-order valence-corrected chi connectivity index (χ1v) is 3.88. The van der Waals surface area contributed by atoms with Gasteiger partial charge in [0.1, 0.15) is 0 Å². The Balaban J connectivity index is 2.62. The maximum absolute atomic E-state index is 5.72. The summed E-state index contributed by atoms with van der Waals surface area (Å²) in [6, 6.07) is 7.92. The minimum Gasteiger partial charge on any atom is -0.398 e. The second kappa shape index (κ2) is 3.98. The Kier molecular flexibility index (Phi) is 2.93. The van der Waals surface area contributed by atoms with Gasteiger partial charge in [-0.05, 0) is 18.2 Å². The van der Waals surface area contributed by atoms with E-state index in [1.165, 1.54) is 5.56 Å². The zero-order chi connectivity index (χ0) is 8.10. The quantitative estimate of drug-likeness (QED) is 0.639. The predicted molar refractivity (Wildman–Crippen MR) is 48.2 cm³/mol. The summed E-state index contributed by atoms with van der Waals surface area (Å²) in [7, 11) is 0. The van der Waals surface area contributed by atoms with E-state index in [9.17, 15) is 0 Å². The summed E-state index contributed by atoms with van der Waals surface area (Å²) < 4.78 is 0. The lowest BCUT2D eigenvalue weighted by Gasteiger charge is -2.04. The molecule has 0 amide bonds. The zero-order valence-corrected chi connectivity index (χ0v) is 6.80. The molecule has 0 saturated heterocycles. The van der Waals surface area contributed by atoms with Crippen molar-refractivity contribution in [3.63, 3.8) is 0 Å². The molecule has 0 aliphatic rings. The van der Waals surface area contributed by atoms with Crippen LogP contribution in [0.4, 0.5) is 5.69 Å². The lowest BCUT2D eigenvalue weighted by atomic mass is 10.2. The molecule has 0 aromatic heterocycles. The molecular formula is C9H14N2. The van der Waals surface area contributed by atoms with Gasteiger partial charge in [0.2, 0.25) is 0 Å². The maximum atomic E-state index is 5.72. The van der Waals surface area contributed by atoms with Crippen LogP contribution in [-0.4, -0.2) is 6.54 Å². The van der Waals surface area contributed by atoms with E-state index in [2.05, 4.69) is 12.2 Å². The van der Waals surface area contributed by atoms with Gasteiger partial charge in [-0.25, -0.2) is 0 Å². The summed E-state index contributed by atoms with van der Waals surface area (Å²) in [4.78, 5) is 0. The molecule has 0 unspecified atom stereocenters. The average molecular weight is 150 g/mol. The van der Waals surface area contributed by atoms with Crippen molar-refractivity contribution in [1.82, 2.24) is 5.32 Å². The highest BCUT2D eigenvalue weighted by molar-refractivity contribution is 5.46. The second-order valence-electron chi connectivity index (χ2n) is 2.48. The summed E-state index contributed by atoms with van der Waals surface area (Å²) in [6.07, 6.45) is 0. The molecule has 1 rings (SSSR count). The van der Waals surface area contributed by atoms with Gasteiger partial charge in [-0.2, -0.15) is 0 Å². The molecule has 60 valence electrons. The van der Waals surface area contributed by atoms with Crippen molar-refractivity contribution >= 4 is 5.69 Å². The highest BCUT2D eigenvalue weighted by Gasteiger charge is 1.93. The molecule has 0 bridgehead atoms. The topological polar surface area (TPSA) is 38.0 Å². The standard InChI is InChI=1S/C9H14N2/c1-2-11-7-8-5-3-4-6-9(8)10/h3-6,11H,2,7,10H2,1H3. The number of hydrogen-bond donors (Lipinski definition) is 2. The molecule has 0 heterocycles. The van der Waals surface area contributed by atoms with Crippen LogP contribution in [0.15, 0.2) is 24.3 Å². The smallest absolute Gasteiger partial charge is 0.0359 e. The second-order valence-corrected chi connectivity index (χ2v) is 2.48. The van der Waals surface area contributed by atoms with Crippen LogP contribution in [0, 0.1) is 0 Å². The molecule has 0 radical (unpaired) electrons. The van der Waals surface area contributed by atoms with E-state index in [1.807, 2.05) is 24.3 Å².